The van der Waals surface area contributed by atoms with E-state index in [9.17, 15) is 4.79 Å². The smallest absolute Gasteiger partial charge is 0.234 e. The van der Waals surface area contributed by atoms with Crippen LogP contribution < -0.4 is 0 Å². The van der Waals surface area contributed by atoms with Crippen LogP contribution in [-0.2, 0) is 21.5 Å². The number of amides is 1. The average Bonchev–Trinajstić information content (AvgIpc) is 2.94. The predicted molar refractivity (Wildman–Crippen MR) is 124 cm³/mol. The van der Waals surface area contributed by atoms with E-state index >= 15 is 0 Å². The molecule has 1 fully saturated rings. The molecule has 0 spiro atoms. The molecule has 3 atom stereocenters. The molecule has 4 rings (SSSR count). The van der Waals surface area contributed by atoms with Crippen LogP contribution in [-0.4, -0.2) is 24.0 Å². The van der Waals surface area contributed by atoms with Crippen LogP contribution in [0.15, 0.2) is 83.1 Å². The first-order chi connectivity index (χ1) is 14.3. The van der Waals surface area contributed by atoms with E-state index in [-0.39, 0.29) is 17.9 Å². The minimum absolute atomic E-state index is 0.0501. The van der Waals surface area contributed by atoms with Gasteiger partial charge in [-0.05, 0) is 62.6 Å². The molecule has 0 saturated carbocycles. The number of methoxy groups -OCH3 is 1. The Bertz CT molecular complexity index is 995. The van der Waals surface area contributed by atoms with Crippen LogP contribution in [0.5, 0.6) is 0 Å². The SMILES string of the molecule is COC1=C[C@H]2[C@@](Cc3ccc(Br)cc3)(C=C1)C(=O)N(C(C)C)[C@]2(C)c1ccccc1. The molecular formula is C26H28BrNO2. The minimum Gasteiger partial charge on any atom is -0.497 e. The van der Waals surface area contributed by atoms with Crippen molar-refractivity contribution >= 4 is 21.8 Å². The zero-order chi connectivity index (χ0) is 21.5. The molecule has 156 valence electrons. The number of halogens is 1. The molecule has 2 aliphatic rings. The summed E-state index contributed by atoms with van der Waals surface area (Å²) in [5, 5.41) is 0. The van der Waals surface area contributed by atoms with Gasteiger partial charge >= 0.3 is 0 Å². The summed E-state index contributed by atoms with van der Waals surface area (Å²) in [5.41, 5.74) is 1.18. The van der Waals surface area contributed by atoms with Crippen molar-refractivity contribution in [3.8, 4) is 0 Å². The lowest BCUT2D eigenvalue weighted by Gasteiger charge is -2.42. The largest absolute Gasteiger partial charge is 0.497 e. The molecule has 2 aromatic rings. The number of carbonyl (C=O) groups excluding carboxylic acids is 1. The third-order valence-corrected chi connectivity index (χ3v) is 7.20. The second-order valence-electron chi connectivity index (χ2n) is 8.71. The van der Waals surface area contributed by atoms with Crippen LogP contribution in [0.1, 0.15) is 31.9 Å². The van der Waals surface area contributed by atoms with Crippen molar-refractivity contribution in [2.45, 2.75) is 38.8 Å². The standard InChI is InChI=1S/C26H28BrNO2/c1-18(2)28-24(29)26(17-19-10-12-21(27)13-11-19)15-14-22(30-4)16-23(26)25(28,3)20-8-6-5-7-9-20/h5-16,18,23H,17H2,1-4H3/t23-,25-,26+/m1/s1. The molecule has 0 bridgehead atoms. The third-order valence-electron chi connectivity index (χ3n) is 6.67. The Morgan fingerprint density at radius 1 is 1.10 bits per heavy atom. The molecule has 0 aromatic heterocycles. The molecule has 0 N–H and O–H groups in total. The lowest BCUT2D eigenvalue weighted by molar-refractivity contribution is -0.138. The number of likely N-dealkylation sites (tertiary alicyclic amines) is 1. The van der Waals surface area contributed by atoms with Crippen LogP contribution >= 0.6 is 15.9 Å². The summed E-state index contributed by atoms with van der Waals surface area (Å²) in [6.45, 7) is 6.42. The van der Waals surface area contributed by atoms with Crippen LogP contribution in [0, 0.1) is 11.3 Å². The molecule has 30 heavy (non-hydrogen) atoms. The second-order valence-corrected chi connectivity index (χ2v) is 9.63. The number of hydrogen-bond acceptors (Lipinski definition) is 2. The van der Waals surface area contributed by atoms with Crippen molar-refractivity contribution in [3.63, 3.8) is 0 Å². The third kappa shape index (κ3) is 3.13. The fourth-order valence-corrected chi connectivity index (χ4v) is 5.61. The van der Waals surface area contributed by atoms with Gasteiger partial charge in [-0.1, -0.05) is 64.5 Å². The van der Waals surface area contributed by atoms with Gasteiger partial charge in [0.05, 0.1) is 18.1 Å². The molecule has 1 heterocycles. The van der Waals surface area contributed by atoms with E-state index in [0.29, 0.717) is 6.42 Å². The molecule has 1 aliphatic heterocycles. The summed E-state index contributed by atoms with van der Waals surface area (Å²) < 4.78 is 6.65. The van der Waals surface area contributed by atoms with E-state index in [4.69, 9.17) is 4.74 Å². The van der Waals surface area contributed by atoms with E-state index in [2.05, 4.69) is 90.2 Å². The molecule has 1 saturated heterocycles. The molecular weight excluding hydrogens is 438 g/mol. The Kier molecular flexibility index (Phi) is 5.39. The van der Waals surface area contributed by atoms with Crippen LogP contribution in [0.25, 0.3) is 0 Å². The van der Waals surface area contributed by atoms with Gasteiger partial charge in [0, 0.05) is 16.4 Å². The average molecular weight is 466 g/mol. The van der Waals surface area contributed by atoms with Crippen molar-refractivity contribution in [3.05, 3.63) is 94.2 Å². The quantitative estimate of drug-likeness (QED) is 0.553. The molecule has 2 aromatic carbocycles. The maximum absolute atomic E-state index is 14.2. The van der Waals surface area contributed by atoms with E-state index in [1.54, 1.807) is 7.11 Å². The van der Waals surface area contributed by atoms with Gasteiger partial charge in [0.1, 0.15) is 5.76 Å². The van der Waals surface area contributed by atoms with E-state index in [1.165, 1.54) is 0 Å². The first-order valence-electron chi connectivity index (χ1n) is 10.4. The highest BCUT2D eigenvalue weighted by Gasteiger charge is 2.64. The van der Waals surface area contributed by atoms with Gasteiger partial charge in [-0.15, -0.1) is 0 Å². The molecule has 4 heteroatoms. The second kappa shape index (κ2) is 7.73. The number of nitrogens with zero attached hydrogens (tertiary/aromatic N) is 1. The highest BCUT2D eigenvalue weighted by Crippen LogP contribution is 2.58. The van der Waals surface area contributed by atoms with Crippen LogP contribution in [0.4, 0.5) is 0 Å². The normalized spacial score (nSPS) is 27.9. The maximum Gasteiger partial charge on any atom is 0.234 e. The van der Waals surface area contributed by atoms with Gasteiger partial charge in [0.2, 0.25) is 5.91 Å². The fraction of sp³-hybridized carbons (Fsp3) is 0.346. The molecule has 0 radical (unpaired) electrons. The topological polar surface area (TPSA) is 29.5 Å². The highest BCUT2D eigenvalue weighted by molar-refractivity contribution is 9.10. The van der Waals surface area contributed by atoms with Gasteiger partial charge in [-0.25, -0.2) is 0 Å². The number of rotatable bonds is 5. The van der Waals surface area contributed by atoms with Crippen LogP contribution in [0.2, 0.25) is 0 Å². The van der Waals surface area contributed by atoms with E-state index in [1.807, 2.05) is 24.3 Å². The Balaban J connectivity index is 1.92. The van der Waals surface area contributed by atoms with Gasteiger partial charge in [-0.2, -0.15) is 0 Å². The summed E-state index contributed by atoms with van der Waals surface area (Å²) in [6, 6.07) is 18.8. The van der Waals surface area contributed by atoms with Crippen LogP contribution in [0.3, 0.4) is 0 Å². The molecule has 3 nitrogen and oxygen atoms in total. The number of hydrogen-bond donors (Lipinski definition) is 0. The predicted octanol–water partition coefficient (Wildman–Crippen LogP) is 5.86. The van der Waals surface area contributed by atoms with Crippen molar-refractivity contribution in [1.29, 1.82) is 0 Å². The Morgan fingerprint density at radius 2 is 1.77 bits per heavy atom. The summed E-state index contributed by atoms with van der Waals surface area (Å²) >= 11 is 3.52. The summed E-state index contributed by atoms with van der Waals surface area (Å²) in [7, 11) is 1.69. The summed E-state index contributed by atoms with van der Waals surface area (Å²) in [4.78, 5) is 16.2. The van der Waals surface area contributed by atoms with Gasteiger partial charge in [0.15, 0.2) is 0 Å². The van der Waals surface area contributed by atoms with Gasteiger partial charge in [-0.3, -0.25) is 4.79 Å². The lowest BCUT2D eigenvalue weighted by Crippen LogP contribution is -2.47. The number of allylic oxidation sites excluding steroid dienone is 1. The lowest BCUT2D eigenvalue weighted by atomic mass is 9.63. The Morgan fingerprint density at radius 3 is 2.37 bits per heavy atom. The number of ether oxygens (including phenoxy) is 1. The Labute approximate surface area is 187 Å². The minimum atomic E-state index is -0.648. The molecule has 1 amide bonds. The maximum atomic E-state index is 14.2. The summed E-state index contributed by atoms with van der Waals surface area (Å²) in [6.07, 6.45) is 6.86. The van der Waals surface area contributed by atoms with Gasteiger partial charge < -0.3 is 9.64 Å². The fourth-order valence-electron chi connectivity index (χ4n) is 5.34. The number of fused-ring (bicyclic) bond motifs is 1. The van der Waals surface area contributed by atoms with E-state index < -0.39 is 11.0 Å². The zero-order valence-electron chi connectivity index (χ0n) is 17.9. The van der Waals surface area contributed by atoms with E-state index in [0.717, 1.165) is 21.4 Å². The highest BCUT2D eigenvalue weighted by atomic mass is 79.9. The van der Waals surface area contributed by atoms with Crippen molar-refractivity contribution in [2.75, 3.05) is 7.11 Å². The molecule has 0 unspecified atom stereocenters. The van der Waals surface area contributed by atoms with Crippen molar-refractivity contribution in [2.24, 2.45) is 11.3 Å². The zero-order valence-corrected chi connectivity index (χ0v) is 19.5. The summed E-state index contributed by atoms with van der Waals surface area (Å²) in [5.74, 6) is 0.942. The first kappa shape index (κ1) is 20.9. The number of benzene rings is 2. The molecule has 1 aliphatic carbocycles. The van der Waals surface area contributed by atoms with Crippen molar-refractivity contribution < 1.29 is 9.53 Å². The Hall–Kier alpha value is -2.33. The first-order valence-corrected chi connectivity index (χ1v) is 11.2. The number of carbonyl (C=O) groups is 1. The van der Waals surface area contributed by atoms with Gasteiger partial charge in [0.25, 0.3) is 0 Å². The monoisotopic (exact) mass is 465 g/mol. The van der Waals surface area contributed by atoms with Crippen molar-refractivity contribution in [1.82, 2.24) is 4.90 Å².